The predicted octanol–water partition coefficient (Wildman–Crippen LogP) is 1.58. The van der Waals surface area contributed by atoms with Crippen molar-refractivity contribution in [3.8, 4) is 0 Å². The van der Waals surface area contributed by atoms with Crippen molar-refractivity contribution >= 4 is 27.0 Å². The molecule has 1 aromatic carbocycles. The van der Waals surface area contributed by atoms with Gasteiger partial charge in [0.1, 0.15) is 0 Å². The van der Waals surface area contributed by atoms with Crippen LogP contribution in [0.4, 0.5) is 0 Å². The number of carbonyl (C=O) groups excluding carboxylic acids is 1. The Kier molecular flexibility index (Phi) is 3.44. The number of nitrogens with one attached hydrogen (secondary N) is 1. The van der Waals surface area contributed by atoms with E-state index >= 15 is 0 Å². The normalized spacial score (nSPS) is 16.4. The van der Waals surface area contributed by atoms with E-state index in [0.29, 0.717) is 23.9 Å². The molecule has 7 heteroatoms. The zero-order valence-corrected chi connectivity index (χ0v) is 12.6. The fraction of sp³-hybridized carbons (Fsp3) is 0.429. The van der Waals surface area contributed by atoms with Crippen LogP contribution >= 0.6 is 0 Å². The lowest BCUT2D eigenvalue weighted by molar-refractivity contribution is 0.0981. The Balaban J connectivity index is 1.83. The molecular formula is C14H17N3O3S. The fourth-order valence-corrected chi connectivity index (χ4v) is 4.24. The first-order chi connectivity index (χ1) is 9.97. The molecule has 6 nitrogen and oxygen atoms in total. The summed E-state index contributed by atoms with van der Waals surface area (Å²) in [6.07, 6.45) is 4.71. The second kappa shape index (κ2) is 5.14. The van der Waals surface area contributed by atoms with Crippen LogP contribution in [0.3, 0.4) is 0 Å². The van der Waals surface area contributed by atoms with E-state index in [-0.39, 0.29) is 0 Å². The van der Waals surface area contributed by atoms with Gasteiger partial charge in [0.15, 0.2) is 0 Å². The average Bonchev–Trinajstić information content (AvgIpc) is 3.08. The van der Waals surface area contributed by atoms with Crippen LogP contribution in [-0.2, 0) is 17.1 Å². The summed E-state index contributed by atoms with van der Waals surface area (Å²) >= 11 is 0. The standard InChI is InChI=1S/C14H17N3O3S/c1-17-9-15-12-8-10(6-7-13(12)17)14(18)16-21(19,20)11-4-2-3-5-11/h6-9,11H,2-5H2,1H3,(H,16,18). The molecule has 1 amide bonds. The molecule has 0 atom stereocenters. The average molecular weight is 307 g/mol. The number of rotatable bonds is 3. The van der Waals surface area contributed by atoms with Gasteiger partial charge in [0.2, 0.25) is 10.0 Å². The van der Waals surface area contributed by atoms with Gasteiger partial charge in [-0.3, -0.25) is 4.79 Å². The van der Waals surface area contributed by atoms with Gasteiger partial charge >= 0.3 is 0 Å². The SMILES string of the molecule is Cn1cnc2cc(C(=O)NS(=O)(=O)C3CCCC3)ccc21. The van der Waals surface area contributed by atoms with E-state index in [0.717, 1.165) is 18.4 Å². The number of aromatic nitrogens is 2. The molecule has 21 heavy (non-hydrogen) atoms. The number of imidazole rings is 1. The molecule has 1 N–H and O–H groups in total. The third kappa shape index (κ3) is 2.65. The highest BCUT2D eigenvalue weighted by Crippen LogP contribution is 2.24. The summed E-state index contributed by atoms with van der Waals surface area (Å²) in [6, 6.07) is 4.98. The fourth-order valence-electron chi connectivity index (χ4n) is 2.75. The van der Waals surface area contributed by atoms with E-state index in [9.17, 15) is 13.2 Å². The molecule has 1 aromatic heterocycles. The van der Waals surface area contributed by atoms with Crippen LogP contribution in [0.2, 0.25) is 0 Å². The van der Waals surface area contributed by atoms with Crippen molar-refractivity contribution in [1.82, 2.24) is 14.3 Å². The minimum atomic E-state index is -3.58. The summed E-state index contributed by atoms with van der Waals surface area (Å²) in [5.41, 5.74) is 1.87. The number of nitrogens with zero attached hydrogens (tertiary/aromatic N) is 2. The Hall–Kier alpha value is -1.89. The maximum atomic E-state index is 12.1. The first kappa shape index (κ1) is 14.1. The zero-order valence-electron chi connectivity index (χ0n) is 11.7. The Morgan fingerprint density at radius 1 is 1.33 bits per heavy atom. The molecular weight excluding hydrogens is 290 g/mol. The van der Waals surface area contributed by atoms with Crippen molar-refractivity contribution in [1.29, 1.82) is 0 Å². The van der Waals surface area contributed by atoms with E-state index in [1.807, 2.05) is 11.6 Å². The third-order valence-electron chi connectivity index (χ3n) is 3.96. The molecule has 1 aliphatic carbocycles. The molecule has 0 saturated heterocycles. The van der Waals surface area contributed by atoms with Crippen molar-refractivity contribution in [3.63, 3.8) is 0 Å². The Morgan fingerprint density at radius 3 is 2.76 bits per heavy atom. The van der Waals surface area contributed by atoms with E-state index in [4.69, 9.17) is 0 Å². The van der Waals surface area contributed by atoms with Gasteiger partial charge < -0.3 is 4.57 Å². The molecule has 0 radical (unpaired) electrons. The number of amides is 1. The van der Waals surface area contributed by atoms with Gasteiger partial charge in [0.25, 0.3) is 5.91 Å². The first-order valence-electron chi connectivity index (χ1n) is 6.94. The summed E-state index contributed by atoms with van der Waals surface area (Å²) in [5.74, 6) is -0.588. The van der Waals surface area contributed by atoms with Crippen LogP contribution in [0.15, 0.2) is 24.5 Å². The molecule has 1 heterocycles. The van der Waals surface area contributed by atoms with Crippen LogP contribution in [0.1, 0.15) is 36.0 Å². The van der Waals surface area contributed by atoms with Gasteiger partial charge in [0.05, 0.1) is 22.6 Å². The first-order valence-corrected chi connectivity index (χ1v) is 8.49. The Morgan fingerprint density at radius 2 is 2.05 bits per heavy atom. The highest BCUT2D eigenvalue weighted by molar-refractivity contribution is 7.90. The number of hydrogen-bond donors (Lipinski definition) is 1. The summed E-state index contributed by atoms with van der Waals surface area (Å²) in [6.45, 7) is 0. The topological polar surface area (TPSA) is 81.1 Å². The molecule has 0 bridgehead atoms. The maximum Gasteiger partial charge on any atom is 0.264 e. The quantitative estimate of drug-likeness (QED) is 0.933. The van der Waals surface area contributed by atoms with E-state index in [1.54, 1.807) is 24.5 Å². The summed E-state index contributed by atoms with van der Waals surface area (Å²) in [7, 11) is -1.72. The van der Waals surface area contributed by atoms with Gasteiger partial charge in [-0.2, -0.15) is 0 Å². The zero-order chi connectivity index (χ0) is 15.0. The summed E-state index contributed by atoms with van der Waals surface area (Å²) in [4.78, 5) is 16.3. The number of aryl methyl sites for hydroxylation is 1. The van der Waals surface area contributed by atoms with Crippen molar-refractivity contribution in [2.45, 2.75) is 30.9 Å². The highest BCUT2D eigenvalue weighted by Gasteiger charge is 2.30. The smallest absolute Gasteiger partial charge is 0.264 e. The van der Waals surface area contributed by atoms with Crippen molar-refractivity contribution in [2.24, 2.45) is 7.05 Å². The predicted molar refractivity (Wildman–Crippen MR) is 79.4 cm³/mol. The van der Waals surface area contributed by atoms with Crippen molar-refractivity contribution < 1.29 is 13.2 Å². The van der Waals surface area contributed by atoms with Crippen LogP contribution in [0.5, 0.6) is 0 Å². The number of fused-ring (bicyclic) bond motifs is 1. The van der Waals surface area contributed by atoms with Gasteiger partial charge in [-0.05, 0) is 31.0 Å². The Labute approximate surface area is 123 Å². The van der Waals surface area contributed by atoms with Crippen LogP contribution in [-0.4, -0.2) is 29.1 Å². The lowest BCUT2D eigenvalue weighted by atomic mass is 10.2. The monoisotopic (exact) mass is 307 g/mol. The second-order valence-corrected chi connectivity index (χ2v) is 7.40. The molecule has 1 aliphatic rings. The van der Waals surface area contributed by atoms with Gasteiger partial charge in [-0.1, -0.05) is 12.8 Å². The molecule has 0 spiro atoms. The van der Waals surface area contributed by atoms with Crippen molar-refractivity contribution in [3.05, 3.63) is 30.1 Å². The maximum absolute atomic E-state index is 12.1. The molecule has 0 aliphatic heterocycles. The van der Waals surface area contributed by atoms with Crippen LogP contribution < -0.4 is 4.72 Å². The molecule has 1 fully saturated rings. The molecule has 1 saturated carbocycles. The van der Waals surface area contributed by atoms with E-state index in [1.165, 1.54) is 0 Å². The second-order valence-electron chi connectivity index (χ2n) is 5.44. The lowest BCUT2D eigenvalue weighted by Crippen LogP contribution is -2.37. The van der Waals surface area contributed by atoms with Crippen LogP contribution in [0.25, 0.3) is 11.0 Å². The van der Waals surface area contributed by atoms with Gasteiger partial charge in [0, 0.05) is 12.6 Å². The van der Waals surface area contributed by atoms with E-state index in [2.05, 4.69) is 9.71 Å². The van der Waals surface area contributed by atoms with E-state index < -0.39 is 21.2 Å². The largest absolute Gasteiger partial charge is 0.334 e. The molecule has 0 unspecified atom stereocenters. The Bertz CT molecular complexity index is 789. The number of sulfonamides is 1. The molecule has 2 aromatic rings. The minimum absolute atomic E-state index is 0.308. The number of benzene rings is 1. The summed E-state index contributed by atoms with van der Waals surface area (Å²) < 4.78 is 28.3. The van der Waals surface area contributed by atoms with Crippen molar-refractivity contribution in [2.75, 3.05) is 0 Å². The highest BCUT2D eigenvalue weighted by atomic mass is 32.2. The lowest BCUT2D eigenvalue weighted by Gasteiger charge is -2.12. The number of carbonyl (C=O) groups is 1. The number of hydrogen-bond acceptors (Lipinski definition) is 4. The minimum Gasteiger partial charge on any atom is -0.334 e. The third-order valence-corrected chi connectivity index (χ3v) is 5.78. The summed E-state index contributed by atoms with van der Waals surface area (Å²) in [5, 5.41) is -0.444. The molecule has 3 rings (SSSR count). The van der Waals surface area contributed by atoms with Gasteiger partial charge in [-0.15, -0.1) is 0 Å². The van der Waals surface area contributed by atoms with Gasteiger partial charge in [-0.25, -0.2) is 18.1 Å². The molecule has 112 valence electrons. The van der Waals surface area contributed by atoms with Crippen LogP contribution in [0, 0.1) is 0 Å².